The zero-order valence-corrected chi connectivity index (χ0v) is 11.0. The van der Waals surface area contributed by atoms with Gasteiger partial charge in [-0.25, -0.2) is 0 Å². The molecular formula is C12H17BrN2O. The molecule has 16 heavy (non-hydrogen) atoms. The Balaban J connectivity index is 2.31. The standard InChI is InChI=1S/C12H17BrN2O/c1-9(14)8-12(16)15-7-6-10-4-2-3-5-11(10)13/h2-5,9H,6-8,14H2,1H3,(H,15,16). The lowest BCUT2D eigenvalue weighted by Crippen LogP contribution is -2.31. The average molecular weight is 285 g/mol. The molecule has 1 amide bonds. The number of amides is 1. The van der Waals surface area contributed by atoms with E-state index >= 15 is 0 Å². The van der Waals surface area contributed by atoms with Gasteiger partial charge >= 0.3 is 0 Å². The van der Waals surface area contributed by atoms with E-state index in [0.29, 0.717) is 13.0 Å². The van der Waals surface area contributed by atoms with Crippen LogP contribution in [0.5, 0.6) is 0 Å². The van der Waals surface area contributed by atoms with E-state index in [4.69, 9.17) is 5.73 Å². The third-order valence-corrected chi connectivity index (χ3v) is 2.96. The molecule has 1 aromatic rings. The first-order valence-corrected chi connectivity index (χ1v) is 6.14. The Morgan fingerprint density at radius 3 is 2.81 bits per heavy atom. The fourth-order valence-corrected chi connectivity index (χ4v) is 1.89. The van der Waals surface area contributed by atoms with E-state index in [1.807, 2.05) is 31.2 Å². The number of benzene rings is 1. The molecule has 88 valence electrons. The molecule has 0 bridgehead atoms. The lowest BCUT2D eigenvalue weighted by Gasteiger charge is -2.08. The van der Waals surface area contributed by atoms with Crippen molar-refractivity contribution in [1.29, 1.82) is 0 Å². The molecule has 0 saturated carbocycles. The Kier molecular flexibility index (Phi) is 5.49. The molecule has 0 spiro atoms. The molecular weight excluding hydrogens is 268 g/mol. The molecule has 3 N–H and O–H groups in total. The molecule has 1 rings (SSSR count). The number of nitrogens with two attached hydrogens (primary N) is 1. The lowest BCUT2D eigenvalue weighted by molar-refractivity contribution is -0.121. The number of nitrogens with one attached hydrogen (secondary N) is 1. The predicted molar refractivity (Wildman–Crippen MR) is 69.1 cm³/mol. The van der Waals surface area contributed by atoms with E-state index in [9.17, 15) is 4.79 Å². The molecule has 0 aliphatic heterocycles. The fraction of sp³-hybridized carbons (Fsp3) is 0.417. The molecule has 0 radical (unpaired) electrons. The summed E-state index contributed by atoms with van der Waals surface area (Å²) < 4.78 is 1.08. The van der Waals surface area contributed by atoms with Gasteiger partial charge in [0, 0.05) is 23.5 Å². The topological polar surface area (TPSA) is 55.1 Å². The SMILES string of the molecule is CC(N)CC(=O)NCCc1ccccc1Br. The van der Waals surface area contributed by atoms with Crippen molar-refractivity contribution in [2.24, 2.45) is 5.73 Å². The number of hydrogen-bond donors (Lipinski definition) is 2. The zero-order chi connectivity index (χ0) is 12.0. The number of hydrogen-bond acceptors (Lipinski definition) is 2. The minimum Gasteiger partial charge on any atom is -0.356 e. The van der Waals surface area contributed by atoms with Crippen LogP contribution in [0.1, 0.15) is 18.9 Å². The first-order valence-electron chi connectivity index (χ1n) is 5.35. The molecule has 0 heterocycles. The van der Waals surface area contributed by atoms with Gasteiger partial charge in [-0.3, -0.25) is 4.79 Å². The number of carbonyl (C=O) groups is 1. The van der Waals surface area contributed by atoms with Crippen LogP contribution in [-0.4, -0.2) is 18.5 Å². The summed E-state index contributed by atoms with van der Waals surface area (Å²) >= 11 is 3.47. The molecule has 0 aliphatic carbocycles. The summed E-state index contributed by atoms with van der Waals surface area (Å²) in [6.45, 7) is 2.47. The van der Waals surface area contributed by atoms with Crippen molar-refractivity contribution in [2.75, 3.05) is 6.54 Å². The third kappa shape index (κ3) is 4.77. The van der Waals surface area contributed by atoms with Gasteiger partial charge < -0.3 is 11.1 Å². The highest BCUT2D eigenvalue weighted by molar-refractivity contribution is 9.10. The fourth-order valence-electron chi connectivity index (χ4n) is 1.40. The van der Waals surface area contributed by atoms with Crippen LogP contribution in [0.15, 0.2) is 28.7 Å². The van der Waals surface area contributed by atoms with Crippen LogP contribution in [0, 0.1) is 0 Å². The molecule has 4 heteroatoms. The molecule has 1 atom stereocenters. The molecule has 0 saturated heterocycles. The summed E-state index contributed by atoms with van der Waals surface area (Å²) in [5, 5.41) is 2.85. The molecule has 0 aliphatic rings. The quantitative estimate of drug-likeness (QED) is 0.867. The zero-order valence-electron chi connectivity index (χ0n) is 9.37. The van der Waals surface area contributed by atoms with Crippen molar-refractivity contribution in [3.05, 3.63) is 34.3 Å². The minimum absolute atomic E-state index is 0.0158. The van der Waals surface area contributed by atoms with Crippen molar-refractivity contribution in [3.63, 3.8) is 0 Å². The second kappa shape index (κ2) is 6.66. The molecule has 3 nitrogen and oxygen atoms in total. The maximum absolute atomic E-state index is 11.3. The largest absolute Gasteiger partial charge is 0.356 e. The monoisotopic (exact) mass is 284 g/mol. The smallest absolute Gasteiger partial charge is 0.221 e. The second-order valence-electron chi connectivity index (χ2n) is 3.87. The normalized spacial score (nSPS) is 12.2. The number of carbonyl (C=O) groups excluding carboxylic acids is 1. The van der Waals surface area contributed by atoms with Gasteiger partial charge in [0.2, 0.25) is 5.91 Å². The maximum Gasteiger partial charge on any atom is 0.221 e. The van der Waals surface area contributed by atoms with E-state index in [1.165, 1.54) is 5.56 Å². The summed E-state index contributed by atoms with van der Waals surface area (Å²) in [6, 6.07) is 7.93. The van der Waals surface area contributed by atoms with Gasteiger partial charge in [-0.2, -0.15) is 0 Å². The van der Waals surface area contributed by atoms with E-state index in [1.54, 1.807) is 0 Å². The van der Waals surface area contributed by atoms with Crippen LogP contribution in [0.25, 0.3) is 0 Å². The van der Waals surface area contributed by atoms with Gasteiger partial charge in [0.1, 0.15) is 0 Å². The molecule has 0 aromatic heterocycles. The van der Waals surface area contributed by atoms with Gasteiger partial charge in [-0.15, -0.1) is 0 Å². The van der Waals surface area contributed by atoms with E-state index < -0.39 is 0 Å². The predicted octanol–water partition coefficient (Wildman–Crippen LogP) is 1.85. The van der Waals surface area contributed by atoms with Crippen LogP contribution in [0.4, 0.5) is 0 Å². The summed E-state index contributed by atoms with van der Waals surface area (Å²) in [6.07, 6.45) is 1.21. The van der Waals surface area contributed by atoms with Crippen molar-refractivity contribution in [1.82, 2.24) is 5.32 Å². The average Bonchev–Trinajstić information content (AvgIpc) is 2.19. The Labute approximate surface area is 105 Å². The summed E-state index contributed by atoms with van der Waals surface area (Å²) in [7, 11) is 0. The Morgan fingerprint density at radius 2 is 2.19 bits per heavy atom. The van der Waals surface area contributed by atoms with Crippen LogP contribution < -0.4 is 11.1 Å². The maximum atomic E-state index is 11.3. The van der Waals surface area contributed by atoms with Crippen LogP contribution in [0.2, 0.25) is 0 Å². The Bertz CT molecular complexity index is 353. The third-order valence-electron chi connectivity index (χ3n) is 2.18. The van der Waals surface area contributed by atoms with E-state index in [2.05, 4.69) is 21.2 Å². The Hall–Kier alpha value is -0.870. The van der Waals surface area contributed by atoms with Crippen LogP contribution >= 0.6 is 15.9 Å². The first kappa shape index (κ1) is 13.2. The molecule has 1 aromatic carbocycles. The Morgan fingerprint density at radius 1 is 1.50 bits per heavy atom. The van der Waals surface area contributed by atoms with Crippen molar-refractivity contribution >= 4 is 21.8 Å². The van der Waals surface area contributed by atoms with Crippen LogP contribution in [-0.2, 0) is 11.2 Å². The van der Waals surface area contributed by atoms with Gasteiger partial charge in [0.15, 0.2) is 0 Å². The van der Waals surface area contributed by atoms with Crippen molar-refractivity contribution < 1.29 is 4.79 Å². The van der Waals surface area contributed by atoms with E-state index in [0.717, 1.165) is 10.9 Å². The van der Waals surface area contributed by atoms with Crippen LogP contribution in [0.3, 0.4) is 0 Å². The summed E-state index contributed by atoms with van der Waals surface area (Å²) in [4.78, 5) is 11.3. The van der Waals surface area contributed by atoms with E-state index in [-0.39, 0.29) is 11.9 Å². The van der Waals surface area contributed by atoms with Gasteiger partial charge in [-0.05, 0) is 25.0 Å². The van der Waals surface area contributed by atoms with Gasteiger partial charge in [-0.1, -0.05) is 34.1 Å². The van der Waals surface area contributed by atoms with Gasteiger partial charge in [0.05, 0.1) is 0 Å². The van der Waals surface area contributed by atoms with Crippen molar-refractivity contribution in [3.8, 4) is 0 Å². The number of halogens is 1. The molecule has 1 unspecified atom stereocenters. The minimum atomic E-state index is -0.0801. The first-order chi connectivity index (χ1) is 7.59. The van der Waals surface area contributed by atoms with Crippen molar-refractivity contribution in [2.45, 2.75) is 25.8 Å². The highest BCUT2D eigenvalue weighted by atomic mass is 79.9. The number of rotatable bonds is 5. The highest BCUT2D eigenvalue weighted by Gasteiger charge is 2.04. The summed E-state index contributed by atoms with van der Waals surface area (Å²) in [5.74, 6) is 0.0158. The molecule has 0 fully saturated rings. The summed E-state index contributed by atoms with van der Waals surface area (Å²) in [5.41, 5.74) is 6.73. The lowest BCUT2D eigenvalue weighted by atomic mass is 10.1. The van der Waals surface area contributed by atoms with Gasteiger partial charge in [0.25, 0.3) is 0 Å². The second-order valence-corrected chi connectivity index (χ2v) is 4.73. The highest BCUT2D eigenvalue weighted by Crippen LogP contribution is 2.15.